The van der Waals surface area contributed by atoms with Gasteiger partial charge in [0, 0.05) is 18.8 Å². The molecular weight excluding hydrogens is 276 g/mol. The molecule has 0 bridgehead atoms. The number of aromatic nitrogens is 3. The zero-order chi connectivity index (χ0) is 15.5. The third-order valence-corrected chi connectivity index (χ3v) is 3.56. The van der Waals surface area contributed by atoms with E-state index in [1.807, 2.05) is 55.2 Å². The molecule has 1 atom stereocenters. The quantitative estimate of drug-likeness (QED) is 0.778. The number of rotatable bonds is 5. The van der Waals surface area contributed by atoms with Gasteiger partial charge in [-0.3, -0.25) is 4.68 Å². The Balaban J connectivity index is 1.78. The zero-order valence-corrected chi connectivity index (χ0v) is 13.1. The minimum Gasteiger partial charge on any atom is -0.438 e. The normalized spacial score (nSPS) is 12.3. The molecule has 0 saturated heterocycles. The summed E-state index contributed by atoms with van der Waals surface area (Å²) in [6.07, 6.45) is 4.64. The topological polar surface area (TPSA) is 55.9 Å². The van der Waals surface area contributed by atoms with Gasteiger partial charge in [0.25, 0.3) is 0 Å². The van der Waals surface area contributed by atoms with Crippen LogP contribution in [-0.2, 0) is 13.5 Å². The van der Waals surface area contributed by atoms with Crippen LogP contribution in [0, 0.1) is 0 Å². The van der Waals surface area contributed by atoms with Crippen LogP contribution in [0.5, 0.6) is 0 Å². The third kappa shape index (κ3) is 2.88. The van der Waals surface area contributed by atoms with Crippen molar-refractivity contribution in [3.63, 3.8) is 0 Å². The number of hydrogen-bond donors (Lipinski definition) is 1. The molecule has 2 aromatic heterocycles. The van der Waals surface area contributed by atoms with E-state index in [0.29, 0.717) is 5.89 Å². The Bertz CT molecular complexity index is 745. The van der Waals surface area contributed by atoms with E-state index in [-0.39, 0.29) is 6.04 Å². The molecule has 3 rings (SSSR count). The van der Waals surface area contributed by atoms with Gasteiger partial charge in [-0.05, 0) is 13.3 Å². The number of anilines is 1. The Morgan fingerprint density at radius 2 is 2.05 bits per heavy atom. The van der Waals surface area contributed by atoms with Crippen LogP contribution in [0.3, 0.4) is 0 Å². The number of hydrogen-bond acceptors (Lipinski definition) is 4. The maximum Gasteiger partial charge on any atom is 0.217 e. The van der Waals surface area contributed by atoms with Crippen molar-refractivity contribution in [2.45, 2.75) is 26.3 Å². The van der Waals surface area contributed by atoms with Gasteiger partial charge in [-0.2, -0.15) is 5.10 Å². The van der Waals surface area contributed by atoms with Crippen LogP contribution in [0.1, 0.15) is 31.5 Å². The molecule has 2 heterocycles. The second-order valence-electron chi connectivity index (χ2n) is 5.31. The average Bonchev–Trinajstić information content (AvgIpc) is 3.15. The van der Waals surface area contributed by atoms with E-state index in [4.69, 9.17) is 4.42 Å². The van der Waals surface area contributed by atoms with Crippen molar-refractivity contribution < 1.29 is 4.42 Å². The molecule has 0 aliphatic heterocycles. The lowest BCUT2D eigenvalue weighted by atomic mass is 10.2. The number of nitrogens with zero attached hydrogens (tertiary/aromatic N) is 3. The highest BCUT2D eigenvalue weighted by Gasteiger charge is 2.15. The van der Waals surface area contributed by atoms with E-state index < -0.39 is 0 Å². The van der Waals surface area contributed by atoms with E-state index in [0.717, 1.165) is 29.1 Å². The second-order valence-corrected chi connectivity index (χ2v) is 5.31. The second kappa shape index (κ2) is 6.05. The SMILES string of the molecule is CCc1nn(C)cc1N[C@@H](C)c1ncc(-c2ccccc2)o1. The maximum absolute atomic E-state index is 5.88. The fraction of sp³-hybridized carbons (Fsp3) is 0.294. The van der Waals surface area contributed by atoms with E-state index >= 15 is 0 Å². The van der Waals surface area contributed by atoms with Crippen molar-refractivity contribution in [3.05, 3.63) is 54.3 Å². The van der Waals surface area contributed by atoms with Gasteiger partial charge >= 0.3 is 0 Å². The summed E-state index contributed by atoms with van der Waals surface area (Å²) in [6, 6.07) is 9.97. The molecule has 5 heteroatoms. The van der Waals surface area contributed by atoms with Crippen LogP contribution < -0.4 is 5.32 Å². The van der Waals surface area contributed by atoms with Gasteiger partial charge in [0.1, 0.15) is 6.04 Å². The lowest BCUT2D eigenvalue weighted by Gasteiger charge is -2.11. The molecule has 1 aromatic carbocycles. The Morgan fingerprint density at radius 3 is 2.77 bits per heavy atom. The first kappa shape index (κ1) is 14.4. The van der Waals surface area contributed by atoms with Crippen molar-refractivity contribution >= 4 is 5.69 Å². The summed E-state index contributed by atoms with van der Waals surface area (Å²) < 4.78 is 7.70. The fourth-order valence-electron chi connectivity index (χ4n) is 2.43. The van der Waals surface area contributed by atoms with E-state index in [1.165, 1.54) is 0 Å². The van der Waals surface area contributed by atoms with Gasteiger partial charge in [-0.15, -0.1) is 0 Å². The van der Waals surface area contributed by atoms with Gasteiger partial charge in [0.2, 0.25) is 5.89 Å². The summed E-state index contributed by atoms with van der Waals surface area (Å²) in [5.41, 5.74) is 3.10. The lowest BCUT2D eigenvalue weighted by Crippen LogP contribution is -2.07. The number of benzene rings is 1. The minimum atomic E-state index is -0.0213. The molecular formula is C17H20N4O. The van der Waals surface area contributed by atoms with Crippen LogP contribution in [-0.4, -0.2) is 14.8 Å². The van der Waals surface area contributed by atoms with Crippen LogP contribution in [0.25, 0.3) is 11.3 Å². The third-order valence-electron chi connectivity index (χ3n) is 3.56. The highest BCUT2D eigenvalue weighted by Crippen LogP contribution is 2.25. The standard InChI is InChI=1S/C17H20N4O/c1-4-14-15(11-21(3)20-14)19-12(2)17-18-10-16(22-17)13-8-6-5-7-9-13/h5-12,19H,4H2,1-3H3/t12-/m0/s1. The molecule has 114 valence electrons. The molecule has 0 radical (unpaired) electrons. The molecule has 0 amide bonds. The molecule has 3 aromatic rings. The van der Waals surface area contributed by atoms with Crippen molar-refractivity contribution in [1.29, 1.82) is 0 Å². The Kier molecular flexibility index (Phi) is 3.96. The van der Waals surface area contributed by atoms with Crippen LogP contribution in [0.2, 0.25) is 0 Å². The molecule has 0 fully saturated rings. The number of oxazole rings is 1. The van der Waals surface area contributed by atoms with Crippen molar-refractivity contribution in [2.24, 2.45) is 7.05 Å². The van der Waals surface area contributed by atoms with Crippen molar-refractivity contribution in [2.75, 3.05) is 5.32 Å². The molecule has 0 spiro atoms. The predicted molar refractivity (Wildman–Crippen MR) is 86.6 cm³/mol. The molecule has 0 saturated carbocycles. The summed E-state index contributed by atoms with van der Waals surface area (Å²) in [5.74, 6) is 1.45. The largest absolute Gasteiger partial charge is 0.438 e. The Morgan fingerprint density at radius 1 is 1.27 bits per heavy atom. The first-order valence-electron chi connectivity index (χ1n) is 7.47. The monoisotopic (exact) mass is 296 g/mol. The smallest absolute Gasteiger partial charge is 0.217 e. The van der Waals surface area contributed by atoms with Gasteiger partial charge in [-0.25, -0.2) is 4.98 Å². The van der Waals surface area contributed by atoms with Crippen LogP contribution in [0.15, 0.2) is 47.1 Å². The van der Waals surface area contributed by atoms with Gasteiger partial charge in [-0.1, -0.05) is 37.3 Å². The summed E-state index contributed by atoms with van der Waals surface area (Å²) in [5, 5.41) is 7.86. The summed E-state index contributed by atoms with van der Waals surface area (Å²) in [4.78, 5) is 4.39. The van der Waals surface area contributed by atoms with Crippen molar-refractivity contribution in [3.8, 4) is 11.3 Å². The highest BCUT2D eigenvalue weighted by atomic mass is 16.4. The van der Waals surface area contributed by atoms with E-state index in [2.05, 4.69) is 22.3 Å². The Hall–Kier alpha value is -2.56. The lowest BCUT2D eigenvalue weighted by molar-refractivity contribution is 0.485. The predicted octanol–water partition coefficient (Wildman–Crippen LogP) is 3.81. The summed E-state index contributed by atoms with van der Waals surface area (Å²) in [7, 11) is 1.92. The number of nitrogens with one attached hydrogen (secondary N) is 1. The number of aryl methyl sites for hydroxylation is 2. The van der Waals surface area contributed by atoms with Gasteiger partial charge < -0.3 is 9.73 Å². The minimum absolute atomic E-state index is 0.0213. The first-order chi connectivity index (χ1) is 10.7. The molecule has 1 N–H and O–H groups in total. The highest BCUT2D eigenvalue weighted by molar-refractivity contribution is 5.56. The molecule has 0 aliphatic rings. The van der Waals surface area contributed by atoms with Gasteiger partial charge in [0.15, 0.2) is 5.76 Å². The van der Waals surface area contributed by atoms with E-state index in [9.17, 15) is 0 Å². The van der Waals surface area contributed by atoms with Crippen molar-refractivity contribution in [1.82, 2.24) is 14.8 Å². The molecule has 0 unspecified atom stereocenters. The van der Waals surface area contributed by atoms with Gasteiger partial charge in [0.05, 0.1) is 17.6 Å². The molecule has 5 nitrogen and oxygen atoms in total. The van der Waals surface area contributed by atoms with Crippen LogP contribution >= 0.6 is 0 Å². The summed E-state index contributed by atoms with van der Waals surface area (Å²) in [6.45, 7) is 4.13. The molecule has 0 aliphatic carbocycles. The first-order valence-corrected chi connectivity index (χ1v) is 7.47. The summed E-state index contributed by atoms with van der Waals surface area (Å²) >= 11 is 0. The fourth-order valence-corrected chi connectivity index (χ4v) is 2.43. The molecule has 22 heavy (non-hydrogen) atoms. The van der Waals surface area contributed by atoms with E-state index in [1.54, 1.807) is 6.20 Å². The average molecular weight is 296 g/mol. The zero-order valence-electron chi connectivity index (χ0n) is 13.1. The maximum atomic E-state index is 5.88. The van der Waals surface area contributed by atoms with Crippen LogP contribution in [0.4, 0.5) is 5.69 Å². The Labute approximate surface area is 130 Å².